The van der Waals surface area contributed by atoms with Crippen LogP contribution in [-0.4, -0.2) is 21.0 Å². The van der Waals surface area contributed by atoms with E-state index in [4.69, 9.17) is 0 Å². The fourth-order valence-electron chi connectivity index (χ4n) is 3.30. The molecule has 3 heteroatoms. The fraction of sp³-hybridized carbons (Fsp3) is 0.562. The van der Waals surface area contributed by atoms with Gasteiger partial charge in [0.25, 0.3) is 0 Å². The zero-order valence-corrected chi connectivity index (χ0v) is 13.4. The van der Waals surface area contributed by atoms with E-state index in [2.05, 4.69) is 32.2 Å². The van der Waals surface area contributed by atoms with E-state index in [1.54, 1.807) is 0 Å². The van der Waals surface area contributed by atoms with Gasteiger partial charge in [0.15, 0.2) is 0 Å². The Morgan fingerprint density at radius 3 is 2.26 bits per heavy atom. The van der Waals surface area contributed by atoms with Crippen molar-refractivity contribution in [3.63, 3.8) is 0 Å². The molecule has 0 unspecified atom stereocenters. The van der Waals surface area contributed by atoms with E-state index in [1.165, 1.54) is 5.19 Å². The minimum Gasteiger partial charge on any atom is -0.854 e. The number of aldehydes is 1. The average Bonchev–Trinajstić information content (AvgIpc) is 2.44. The molecule has 0 aromatic heterocycles. The minimum absolute atomic E-state index is 0.0410. The SMILES string of the molecule is CC[C@@H](C[O-])[C@@H]([C@H](C)C=O)[Si](C)(C)c1ccccc1. The van der Waals surface area contributed by atoms with Crippen LogP contribution in [0.1, 0.15) is 20.3 Å². The molecule has 3 atom stereocenters. The smallest absolute Gasteiger partial charge is 0.122 e. The van der Waals surface area contributed by atoms with E-state index in [1.807, 2.05) is 25.1 Å². The van der Waals surface area contributed by atoms with Gasteiger partial charge in [-0.15, -0.1) is 6.61 Å². The molecule has 0 aliphatic heterocycles. The molecule has 1 rings (SSSR count). The topological polar surface area (TPSA) is 40.1 Å². The molecule has 0 bridgehead atoms. The van der Waals surface area contributed by atoms with Gasteiger partial charge in [-0.05, 0) is 5.54 Å². The maximum absolute atomic E-state index is 11.5. The van der Waals surface area contributed by atoms with Crippen molar-refractivity contribution >= 4 is 19.5 Å². The van der Waals surface area contributed by atoms with Crippen LogP contribution in [0.5, 0.6) is 0 Å². The standard InChI is InChI=1S/C16H25O2Si/c1-5-14(12-18)16(13(2)11-17)19(3,4)15-9-7-6-8-10-15/h6-11,13-14,16H,5,12H2,1-4H3/q-1/t13-,14+,16-/m1/s1. The first-order valence-corrected chi connectivity index (χ1v) is 10.2. The predicted molar refractivity (Wildman–Crippen MR) is 81.2 cm³/mol. The van der Waals surface area contributed by atoms with Gasteiger partial charge >= 0.3 is 0 Å². The molecule has 0 N–H and O–H groups in total. The zero-order valence-electron chi connectivity index (χ0n) is 12.4. The van der Waals surface area contributed by atoms with Crippen LogP contribution in [-0.2, 0) is 4.79 Å². The normalized spacial score (nSPS) is 16.7. The Bertz CT molecular complexity index is 385. The summed E-state index contributed by atoms with van der Waals surface area (Å²) in [7, 11) is -1.83. The molecule has 0 saturated heterocycles. The third-order valence-electron chi connectivity index (χ3n) is 4.38. The molecular formula is C16H25O2Si-. The van der Waals surface area contributed by atoms with Crippen LogP contribution in [0.2, 0.25) is 18.6 Å². The van der Waals surface area contributed by atoms with E-state index in [0.717, 1.165) is 12.7 Å². The van der Waals surface area contributed by atoms with Gasteiger partial charge in [-0.2, -0.15) is 0 Å². The molecule has 0 aliphatic carbocycles. The summed E-state index contributed by atoms with van der Waals surface area (Å²) < 4.78 is 0. The second-order valence-electron chi connectivity index (χ2n) is 5.94. The van der Waals surface area contributed by atoms with E-state index in [9.17, 15) is 9.90 Å². The van der Waals surface area contributed by atoms with Gasteiger partial charge in [-0.1, -0.05) is 74.8 Å². The highest BCUT2D eigenvalue weighted by molar-refractivity contribution is 6.91. The second kappa shape index (κ2) is 7.01. The first-order valence-electron chi connectivity index (χ1n) is 7.07. The summed E-state index contributed by atoms with van der Waals surface area (Å²) >= 11 is 0. The molecule has 0 amide bonds. The molecule has 19 heavy (non-hydrogen) atoms. The largest absolute Gasteiger partial charge is 0.854 e. The Morgan fingerprint density at radius 1 is 1.26 bits per heavy atom. The van der Waals surface area contributed by atoms with Crippen molar-refractivity contribution in [3.05, 3.63) is 30.3 Å². The Hall–Kier alpha value is -0.933. The van der Waals surface area contributed by atoms with Crippen LogP contribution in [0.15, 0.2) is 30.3 Å². The predicted octanol–water partition coefficient (Wildman–Crippen LogP) is 2.19. The summed E-state index contributed by atoms with van der Waals surface area (Å²) in [6.45, 7) is 8.51. The lowest BCUT2D eigenvalue weighted by Gasteiger charge is -2.42. The van der Waals surface area contributed by atoms with Crippen molar-refractivity contribution in [1.29, 1.82) is 0 Å². The highest BCUT2D eigenvalue weighted by Gasteiger charge is 2.39. The average molecular weight is 277 g/mol. The molecule has 0 saturated carbocycles. The quantitative estimate of drug-likeness (QED) is 0.566. The number of carbonyl (C=O) groups excluding carboxylic acids is 1. The monoisotopic (exact) mass is 277 g/mol. The van der Waals surface area contributed by atoms with Gasteiger partial charge < -0.3 is 9.90 Å². The van der Waals surface area contributed by atoms with Gasteiger partial charge in [0.2, 0.25) is 0 Å². The second-order valence-corrected chi connectivity index (χ2v) is 10.6. The minimum atomic E-state index is -1.83. The van der Waals surface area contributed by atoms with E-state index < -0.39 is 8.07 Å². The van der Waals surface area contributed by atoms with Crippen LogP contribution in [0, 0.1) is 11.8 Å². The van der Waals surface area contributed by atoms with Crippen LogP contribution in [0.25, 0.3) is 0 Å². The molecular weight excluding hydrogens is 252 g/mol. The van der Waals surface area contributed by atoms with Gasteiger partial charge in [-0.3, -0.25) is 0 Å². The summed E-state index contributed by atoms with van der Waals surface area (Å²) in [4.78, 5) is 11.3. The van der Waals surface area contributed by atoms with Gasteiger partial charge in [0.05, 0.1) is 8.07 Å². The van der Waals surface area contributed by atoms with E-state index in [0.29, 0.717) is 0 Å². The Labute approximate surface area is 117 Å². The van der Waals surface area contributed by atoms with Crippen LogP contribution in [0.4, 0.5) is 0 Å². The van der Waals surface area contributed by atoms with Gasteiger partial charge in [-0.25, -0.2) is 0 Å². The molecule has 0 fully saturated rings. The lowest BCUT2D eigenvalue weighted by molar-refractivity contribution is -0.379. The first-order chi connectivity index (χ1) is 8.98. The third-order valence-corrected chi connectivity index (χ3v) is 8.86. The number of hydrogen-bond acceptors (Lipinski definition) is 2. The maximum atomic E-state index is 11.5. The van der Waals surface area contributed by atoms with Crippen molar-refractivity contribution in [2.24, 2.45) is 11.8 Å². The molecule has 106 valence electrons. The summed E-state index contributed by atoms with van der Waals surface area (Å²) in [6.07, 6.45) is 1.89. The summed E-state index contributed by atoms with van der Waals surface area (Å²) in [6, 6.07) is 10.4. The van der Waals surface area contributed by atoms with Crippen LogP contribution >= 0.6 is 0 Å². The highest BCUT2D eigenvalue weighted by atomic mass is 28.3. The molecule has 2 nitrogen and oxygen atoms in total. The fourth-order valence-corrected chi connectivity index (χ4v) is 7.64. The summed E-state index contributed by atoms with van der Waals surface area (Å²) in [5.74, 6) is 0.0582. The number of carbonyl (C=O) groups is 1. The van der Waals surface area contributed by atoms with Crippen LogP contribution in [0.3, 0.4) is 0 Å². The molecule has 0 aliphatic rings. The zero-order chi connectivity index (χ0) is 14.5. The summed E-state index contributed by atoms with van der Waals surface area (Å²) in [5.41, 5.74) is 0.217. The molecule has 1 aromatic rings. The number of rotatable bonds is 7. The van der Waals surface area contributed by atoms with Crippen LogP contribution < -0.4 is 10.3 Å². The van der Waals surface area contributed by atoms with Crippen molar-refractivity contribution in [1.82, 2.24) is 0 Å². The lowest BCUT2D eigenvalue weighted by Crippen LogP contribution is -2.52. The number of hydrogen-bond donors (Lipinski definition) is 0. The highest BCUT2D eigenvalue weighted by Crippen LogP contribution is 2.37. The van der Waals surface area contributed by atoms with E-state index >= 15 is 0 Å². The van der Waals surface area contributed by atoms with Crippen molar-refractivity contribution in [2.75, 3.05) is 6.61 Å². The van der Waals surface area contributed by atoms with Crippen molar-refractivity contribution < 1.29 is 9.90 Å². The Balaban J connectivity index is 3.19. The Morgan fingerprint density at radius 2 is 1.84 bits per heavy atom. The van der Waals surface area contributed by atoms with Crippen molar-refractivity contribution in [2.45, 2.75) is 38.9 Å². The number of benzene rings is 1. The molecule has 0 spiro atoms. The maximum Gasteiger partial charge on any atom is 0.122 e. The Kier molecular flexibility index (Phi) is 5.95. The summed E-state index contributed by atoms with van der Waals surface area (Å²) in [5, 5.41) is 12.8. The van der Waals surface area contributed by atoms with Crippen molar-refractivity contribution in [3.8, 4) is 0 Å². The third kappa shape index (κ3) is 3.54. The molecule has 0 heterocycles. The van der Waals surface area contributed by atoms with Gasteiger partial charge in [0, 0.05) is 5.92 Å². The molecule has 1 aromatic carbocycles. The van der Waals surface area contributed by atoms with E-state index in [-0.39, 0.29) is 24.0 Å². The first kappa shape index (κ1) is 16.1. The lowest BCUT2D eigenvalue weighted by atomic mass is 9.94. The molecule has 0 radical (unpaired) electrons. The van der Waals surface area contributed by atoms with Gasteiger partial charge in [0.1, 0.15) is 6.29 Å².